The summed E-state index contributed by atoms with van der Waals surface area (Å²) in [5.41, 5.74) is 1.59. The molecule has 146 valence electrons. The fourth-order valence-corrected chi connectivity index (χ4v) is 5.15. The zero-order chi connectivity index (χ0) is 19.1. The number of thioether (sulfide) groups is 1. The van der Waals surface area contributed by atoms with E-state index >= 15 is 0 Å². The van der Waals surface area contributed by atoms with E-state index in [9.17, 15) is 14.3 Å². The maximum absolute atomic E-state index is 13.0. The van der Waals surface area contributed by atoms with Crippen LogP contribution in [0.1, 0.15) is 44.1 Å². The van der Waals surface area contributed by atoms with Crippen LogP contribution in [0.3, 0.4) is 0 Å². The summed E-state index contributed by atoms with van der Waals surface area (Å²) in [6, 6.07) is 6.62. The molecule has 1 unspecified atom stereocenters. The van der Waals surface area contributed by atoms with Crippen LogP contribution in [0, 0.1) is 11.7 Å². The molecule has 2 aliphatic rings. The van der Waals surface area contributed by atoms with Crippen molar-refractivity contribution < 1.29 is 14.3 Å². The van der Waals surface area contributed by atoms with Crippen molar-refractivity contribution in [3.63, 3.8) is 0 Å². The van der Waals surface area contributed by atoms with Crippen molar-refractivity contribution in [3.05, 3.63) is 59.6 Å². The summed E-state index contributed by atoms with van der Waals surface area (Å²) in [4.78, 5) is 13.9. The van der Waals surface area contributed by atoms with Gasteiger partial charge >= 0.3 is 5.97 Å². The van der Waals surface area contributed by atoms with E-state index in [2.05, 4.69) is 11.1 Å². The smallest absolute Gasteiger partial charge is 0.334 e. The molecular weight excluding hydrogens is 361 g/mol. The third-order valence-corrected chi connectivity index (χ3v) is 6.72. The average molecular weight is 390 g/mol. The molecule has 0 spiro atoms. The highest BCUT2D eigenvalue weighted by atomic mass is 32.2. The van der Waals surface area contributed by atoms with Crippen LogP contribution in [0.25, 0.3) is 0 Å². The van der Waals surface area contributed by atoms with Gasteiger partial charge in [-0.1, -0.05) is 31.4 Å². The summed E-state index contributed by atoms with van der Waals surface area (Å²) < 4.78 is 13.0. The molecule has 1 aliphatic carbocycles. The van der Waals surface area contributed by atoms with Gasteiger partial charge in [-0.15, -0.1) is 11.8 Å². The van der Waals surface area contributed by atoms with Crippen molar-refractivity contribution >= 4 is 17.7 Å². The molecule has 0 amide bonds. The molecule has 5 heteroatoms. The fourth-order valence-electron chi connectivity index (χ4n) is 3.91. The van der Waals surface area contributed by atoms with Crippen LogP contribution >= 0.6 is 11.8 Å². The van der Waals surface area contributed by atoms with E-state index in [0.29, 0.717) is 11.5 Å². The van der Waals surface area contributed by atoms with Gasteiger partial charge in [-0.3, -0.25) is 0 Å². The second-order valence-electron chi connectivity index (χ2n) is 7.42. The highest BCUT2D eigenvalue weighted by Crippen LogP contribution is 2.32. The minimum Gasteiger partial charge on any atom is -0.478 e. The zero-order valence-electron chi connectivity index (χ0n) is 15.6. The van der Waals surface area contributed by atoms with Crippen LogP contribution < -0.4 is 0 Å². The predicted molar refractivity (Wildman–Crippen MR) is 109 cm³/mol. The van der Waals surface area contributed by atoms with Gasteiger partial charge in [-0.2, -0.15) is 0 Å². The summed E-state index contributed by atoms with van der Waals surface area (Å²) in [5.74, 6) is 0.501. The molecule has 0 aromatic heterocycles. The molecule has 0 saturated heterocycles. The molecule has 1 fully saturated rings. The van der Waals surface area contributed by atoms with Crippen LogP contribution in [0.4, 0.5) is 4.39 Å². The Morgan fingerprint density at radius 2 is 1.93 bits per heavy atom. The van der Waals surface area contributed by atoms with Crippen molar-refractivity contribution in [1.29, 1.82) is 0 Å². The first kappa shape index (κ1) is 20.0. The molecule has 27 heavy (non-hydrogen) atoms. The van der Waals surface area contributed by atoms with E-state index < -0.39 is 5.97 Å². The molecule has 0 bridgehead atoms. The molecule has 3 nitrogen and oxygen atoms in total. The zero-order valence-corrected chi connectivity index (χ0v) is 16.5. The number of rotatable bonds is 8. The third kappa shape index (κ3) is 5.86. The SMILES string of the molecule is O=C(O)C1=CC=CN(CC2CCCCC2)C1SCCCc1ccc(F)cc1. The van der Waals surface area contributed by atoms with Gasteiger partial charge in [0.1, 0.15) is 11.2 Å². The van der Waals surface area contributed by atoms with E-state index in [1.807, 2.05) is 18.2 Å². The monoisotopic (exact) mass is 389 g/mol. The first-order chi connectivity index (χ1) is 13.1. The largest absolute Gasteiger partial charge is 0.478 e. The topological polar surface area (TPSA) is 40.5 Å². The molecule has 1 heterocycles. The van der Waals surface area contributed by atoms with Gasteiger partial charge in [0, 0.05) is 12.7 Å². The highest BCUT2D eigenvalue weighted by Gasteiger charge is 2.29. The molecule has 1 aromatic carbocycles. The van der Waals surface area contributed by atoms with Crippen molar-refractivity contribution in [2.75, 3.05) is 12.3 Å². The van der Waals surface area contributed by atoms with Gasteiger partial charge < -0.3 is 10.0 Å². The predicted octanol–water partition coefficient (Wildman–Crippen LogP) is 5.24. The van der Waals surface area contributed by atoms with Gasteiger partial charge in [0.15, 0.2) is 0 Å². The molecule has 1 aliphatic heterocycles. The van der Waals surface area contributed by atoms with Crippen LogP contribution in [0.5, 0.6) is 0 Å². The summed E-state index contributed by atoms with van der Waals surface area (Å²) >= 11 is 1.70. The first-order valence-corrected chi connectivity index (χ1v) is 10.9. The number of benzene rings is 1. The first-order valence-electron chi connectivity index (χ1n) is 9.87. The number of halogens is 1. The molecule has 3 rings (SSSR count). The number of carboxylic acid groups (broad SMARTS) is 1. The molecular formula is C22H28FNO2S. The van der Waals surface area contributed by atoms with Gasteiger partial charge in [-0.25, -0.2) is 9.18 Å². The van der Waals surface area contributed by atoms with Gasteiger partial charge in [0.05, 0.1) is 5.57 Å². The van der Waals surface area contributed by atoms with Gasteiger partial charge in [0.2, 0.25) is 0 Å². The Labute approximate surface area is 165 Å². The molecule has 0 radical (unpaired) electrons. The number of hydrogen-bond acceptors (Lipinski definition) is 3. The fraction of sp³-hybridized carbons (Fsp3) is 0.500. The normalized spacial score (nSPS) is 20.6. The molecule has 1 atom stereocenters. The number of aliphatic carboxylic acids is 1. The Morgan fingerprint density at radius 3 is 2.63 bits per heavy atom. The molecule has 1 saturated carbocycles. The van der Waals surface area contributed by atoms with Crippen molar-refractivity contribution in [3.8, 4) is 0 Å². The van der Waals surface area contributed by atoms with Crippen molar-refractivity contribution in [1.82, 2.24) is 4.90 Å². The molecule has 1 aromatic rings. The number of carboxylic acids is 1. The van der Waals surface area contributed by atoms with E-state index in [4.69, 9.17) is 0 Å². The lowest BCUT2D eigenvalue weighted by atomic mass is 9.89. The van der Waals surface area contributed by atoms with Gasteiger partial charge in [0.25, 0.3) is 0 Å². The summed E-state index contributed by atoms with van der Waals surface area (Å²) in [7, 11) is 0. The summed E-state index contributed by atoms with van der Waals surface area (Å²) in [6.07, 6.45) is 13.9. The number of carbonyl (C=O) groups is 1. The second kappa shape index (κ2) is 9.98. The number of allylic oxidation sites excluding steroid dienone is 2. The number of nitrogens with zero attached hydrogens (tertiary/aromatic N) is 1. The van der Waals surface area contributed by atoms with Gasteiger partial charge in [-0.05, 0) is 67.2 Å². The maximum Gasteiger partial charge on any atom is 0.334 e. The summed E-state index contributed by atoms with van der Waals surface area (Å²) in [6.45, 7) is 0.941. The number of aryl methyl sites for hydroxylation is 1. The van der Waals surface area contributed by atoms with E-state index in [0.717, 1.165) is 30.7 Å². The van der Waals surface area contributed by atoms with Crippen molar-refractivity contribution in [2.45, 2.75) is 50.3 Å². The Balaban J connectivity index is 1.55. The van der Waals surface area contributed by atoms with Crippen LogP contribution in [-0.4, -0.2) is 33.6 Å². The second-order valence-corrected chi connectivity index (χ2v) is 8.61. The minimum atomic E-state index is -0.830. The highest BCUT2D eigenvalue weighted by molar-refractivity contribution is 8.00. The maximum atomic E-state index is 13.0. The molecule has 1 N–H and O–H groups in total. The van der Waals surface area contributed by atoms with Crippen LogP contribution in [0.2, 0.25) is 0 Å². The quantitative estimate of drug-likeness (QED) is 0.618. The van der Waals surface area contributed by atoms with E-state index in [-0.39, 0.29) is 11.2 Å². The third-order valence-electron chi connectivity index (χ3n) is 5.36. The Morgan fingerprint density at radius 1 is 1.19 bits per heavy atom. The average Bonchev–Trinajstić information content (AvgIpc) is 2.68. The standard InChI is InChI=1S/C22H28FNO2S/c23-19-12-10-17(11-13-19)8-5-15-27-21-20(22(25)26)9-4-14-24(21)16-18-6-2-1-3-7-18/h4,9-14,18,21H,1-3,5-8,15-16H2,(H,25,26). The number of hydrogen-bond donors (Lipinski definition) is 1. The van der Waals surface area contributed by atoms with E-state index in [1.165, 1.54) is 44.2 Å². The Hall–Kier alpha value is -1.75. The van der Waals surface area contributed by atoms with Crippen LogP contribution in [-0.2, 0) is 11.2 Å². The summed E-state index contributed by atoms with van der Waals surface area (Å²) in [5, 5.41) is 9.49. The van der Waals surface area contributed by atoms with Crippen molar-refractivity contribution in [2.24, 2.45) is 5.92 Å². The van der Waals surface area contributed by atoms with E-state index in [1.54, 1.807) is 17.8 Å². The lowest BCUT2D eigenvalue weighted by Crippen LogP contribution is -2.38. The lowest BCUT2D eigenvalue weighted by molar-refractivity contribution is -0.133. The van der Waals surface area contributed by atoms with Crippen LogP contribution in [0.15, 0.2) is 48.2 Å². The Bertz CT molecular complexity index is 680. The Kier molecular flexibility index (Phi) is 7.39. The lowest BCUT2D eigenvalue weighted by Gasteiger charge is -2.36. The minimum absolute atomic E-state index is 0.123.